The molecule has 0 bridgehead atoms. The second kappa shape index (κ2) is 7.10. The highest BCUT2D eigenvalue weighted by atomic mass is 32.1. The van der Waals surface area contributed by atoms with Crippen LogP contribution in [-0.2, 0) is 0 Å². The molecule has 1 aliphatic rings. The number of rotatable bonds is 3. The summed E-state index contributed by atoms with van der Waals surface area (Å²) in [6.07, 6.45) is 2.90. The van der Waals surface area contributed by atoms with Gasteiger partial charge in [0, 0.05) is 30.6 Å². The number of aryl methyl sites for hydroxylation is 1. The predicted molar refractivity (Wildman–Crippen MR) is 107 cm³/mol. The van der Waals surface area contributed by atoms with E-state index in [2.05, 4.69) is 58.3 Å². The maximum atomic E-state index is 4.70. The van der Waals surface area contributed by atoms with Gasteiger partial charge in [-0.3, -0.25) is 0 Å². The topological polar surface area (TPSA) is 32.3 Å². The summed E-state index contributed by atoms with van der Waals surface area (Å²) in [6, 6.07) is 8.75. The SMILES string of the molecule is CCN1CCCN(c2ncnc3scc(-c4ccc(C)cc4)c23)CC1. The van der Waals surface area contributed by atoms with Crippen molar-refractivity contribution < 1.29 is 0 Å². The normalized spacial score (nSPS) is 16.3. The first-order valence-corrected chi connectivity index (χ1v) is 9.90. The summed E-state index contributed by atoms with van der Waals surface area (Å²) in [5.74, 6) is 1.10. The largest absolute Gasteiger partial charge is 0.355 e. The molecular formula is C20H24N4S. The van der Waals surface area contributed by atoms with Gasteiger partial charge in [-0.05, 0) is 32.0 Å². The van der Waals surface area contributed by atoms with E-state index in [0.29, 0.717) is 0 Å². The van der Waals surface area contributed by atoms with Crippen molar-refractivity contribution in [2.24, 2.45) is 0 Å². The van der Waals surface area contributed by atoms with Gasteiger partial charge in [0.25, 0.3) is 0 Å². The van der Waals surface area contributed by atoms with Gasteiger partial charge < -0.3 is 9.80 Å². The van der Waals surface area contributed by atoms with Gasteiger partial charge in [0.2, 0.25) is 0 Å². The van der Waals surface area contributed by atoms with Gasteiger partial charge in [0.1, 0.15) is 17.0 Å². The summed E-state index contributed by atoms with van der Waals surface area (Å²) in [7, 11) is 0. The number of fused-ring (bicyclic) bond motifs is 1. The van der Waals surface area contributed by atoms with E-state index in [-0.39, 0.29) is 0 Å². The van der Waals surface area contributed by atoms with Crippen LogP contribution >= 0.6 is 11.3 Å². The quantitative estimate of drug-likeness (QED) is 0.707. The first-order valence-electron chi connectivity index (χ1n) is 9.03. The number of nitrogens with zero attached hydrogens (tertiary/aromatic N) is 4. The number of thiophene rings is 1. The number of benzene rings is 1. The van der Waals surface area contributed by atoms with Crippen molar-refractivity contribution in [3.8, 4) is 11.1 Å². The molecule has 25 heavy (non-hydrogen) atoms. The van der Waals surface area contributed by atoms with Gasteiger partial charge in [0.05, 0.1) is 5.39 Å². The lowest BCUT2D eigenvalue weighted by Crippen LogP contribution is -2.31. The monoisotopic (exact) mass is 352 g/mol. The molecule has 0 aliphatic carbocycles. The Balaban J connectivity index is 1.76. The van der Waals surface area contributed by atoms with Gasteiger partial charge in [-0.1, -0.05) is 36.8 Å². The zero-order valence-electron chi connectivity index (χ0n) is 14.9. The van der Waals surface area contributed by atoms with E-state index in [9.17, 15) is 0 Å². The molecule has 1 fully saturated rings. The summed E-state index contributed by atoms with van der Waals surface area (Å²) >= 11 is 1.71. The number of hydrogen-bond donors (Lipinski definition) is 0. The molecule has 1 saturated heterocycles. The fraction of sp³-hybridized carbons (Fsp3) is 0.400. The van der Waals surface area contributed by atoms with Crippen molar-refractivity contribution in [1.29, 1.82) is 0 Å². The Morgan fingerprint density at radius 2 is 1.88 bits per heavy atom. The highest BCUT2D eigenvalue weighted by Crippen LogP contribution is 2.38. The second-order valence-electron chi connectivity index (χ2n) is 6.67. The molecule has 0 N–H and O–H groups in total. The predicted octanol–water partition coefficient (Wildman–Crippen LogP) is 4.20. The van der Waals surface area contributed by atoms with Crippen molar-refractivity contribution in [3.63, 3.8) is 0 Å². The molecule has 2 aromatic heterocycles. The maximum Gasteiger partial charge on any atom is 0.141 e. The summed E-state index contributed by atoms with van der Waals surface area (Å²) < 4.78 is 0. The van der Waals surface area contributed by atoms with Crippen LogP contribution in [0.3, 0.4) is 0 Å². The second-order valence-corrected chi connectivity index (χ2v) is 7.53. The molecule has 1 aliphatic heterocycles. The molecule has 4 rings (SSSR count). The summed E-state index contributed by atoms with van der Waals surface area (Å²) in [5, 5.41) is 3.44. The van der Waals surface area contributed by atoms with Crippen LogP contribution in [0.2, 0.25) is 0 Å². The zero-order chi connectivity index (χ0) is 17.2. The van der Waals surface area contributed by atoms with Gasteiger partial charge in [-0.2, -0.15) is 0 Å². The Kier molecular flexibility index (Phi) is 4.68. The Bertz CT molecular complexity index is 856. The molecule has 0 unspecified atom stereocenters. The Morgan fingerprint density at radius 1 is 1.04 bits per heavy atom. The molecule has 0 saturated carbocycles. The average Bonchev–Trinajstić information content (AvgIpc) is 2.93. The van der Waals surface area contributed by atoms with Gasteiger partial charge in [-0.25, -0.2) is 9.97 Å². The highest BCUT2D eigenvalue weighted by Gasteiger charge is 2.20. The lowest BCUT2D eigenvalue weighted by molar-refractivity contribution is 0.310. The molecule has 5 heteroatoms. The maximum absolute atomic E-state index is 4.70. The minimum Gasteiger partial charge on any atom is -0.355 e. The third-order valence-corrected chi connectivity index (χ3v) is 5.93. The fourth-order valence-electron chi connectivity index (χ4n) is 3.54. The molecule has 4 nitrogen and oxygen atoms in total. The third kappa shape index (κ3) is 3.26. The van der Waals surface area contributed by atoms with E-state index < -0.39 is 0 Å². The number of likely N-dealkylation sites (N-methyl/N-ethyl adjacent to an activating group) is 1. The lowest BCUT2D eigenvalue weighted by atomic mass is 10.0. The van der Waals surface area contributed by atoms with E-state index >= 15 is 0 Å². The van der Waals surface area contributed by atoms with E-state index in [1.54, 1.807) is 17.7 Å². The Morgan fingerprint density at radius 3 is 2.68 bits per heavy atom. The Hall–Kier alpha value is -1.98. The fourth-order valence-corrected chi connectivity index (χ4v) is 4.45. The van der Waals surface area contributed by atoms with Crippen LogP contribution in [0.15, 0.2) is 36.0 Å². The van der Waals surface area contributed by atoms with Crippen molar-refractivity contribution in [2.45, 2.75) is 20.3 Å². The molecule has 0 atom stereocenters. The van der Waals surface area contributed by atoms with Crippen molar-refractivity contribution in [1.82, 2.24) is 14.9 Å². The minimum absolute atomic E-state index is 1.03. The van der Waals surface area contributed by atoms with Gasteiger partial charge in [-0.15, -0.1) is 11.3 Å². The molecule has 0 amide bonds. The molecular weight excluding hydrogens is 328 g/mol. The van der Waals surface area contributed by atoms with Crippen molar-refractivity contribution in [3.05, 3.63) is 41.5 Å². The standard InChI is InChI=1S/C20H24N4S/c1-3-23-9-4-10-24(12-11-23)19-18-17(13-25-20(18)22-14-21-19)16-7-5-15(2)6-8-16/h5-8,13-14H,3-4,9-12H2,1-2H3. The summed E-state index contributed by atoms with van der Waals surface area (Å²) in [6.45, 7) is 9.87. The van der Waals surface area contributed by atoms with E-state index in [4.69, 9.17) is 4.98 Å². The Labute approximate surface area is 153 Å². The highest BCUT2D eigenvalue weighted by molar-refractivity contribution is 7.17. The van der Waals surface area contributed by atoms with Crippen LogP contribution in [0.4, 0.5) is 5.82 Å². The minimum atomic E-state index is 1.03. The number of aromatic nitrogens is 2. The molecule has 1 aromatic carbocycles. The van der Waals surface area contributed by atoms with Crippen molar-refractivity contribution in [2.75, 3.05) is 37.6 Å². The van der Waals surface area contributed by atoms with Gasteiger partial charge >= 0.3 is 0 Å². The van der Waals surface area contributed by atoms with E-state index in [1.807, 2.05) is 0 Å². The smallest absolute Gasteiger partial charge is 0.141 e. The van der Waals surface area contributed by atoms with Crippen LogP contribution < -0.4 is 4.90 Å². The molecule has 0 radical (unpaired) electrons. The van der Waals surface area contributed by atoms with Crippen LogP contribution in [-0.4, -0.2) is 47.6 Å². The third-order valence-electron chi connectivity index (χ3n) is 5.05. The van der Waals surface area contributed by atoms with Crippen LogP contribution in [0, 0.1) is 6.92 Å². The average molecular weight is 353 g/mol. The van der Waals surface area contributed by atoms with Crippen molar-refractivity contribution >= 4 is 27.4 Å². The van der Waals surface area contributed by atoms with Crippen LogP contribution in [0.25, 0.3) is 21.3 Å². The number of hydrogen-bond acceptors (Lipinski definition) is 5. The van der Waals surface area contributed by atoms with E-state index in [0.717, 1.165) is 36.8 Å². The lowest BCUT2D eigenvalue weighted by Gasteiger charge is -2.23. The molecule has 3 aromatic rings. The first-order chi connectivity index (χ1) is 12.3. The van der Waals surface area contributed by atoms with Crippen LogP contribution in [0.1, 0.15) is 18.9 Å². The van der Waals surface area contributed by atoms with E-state index in [1.165, 1.54) is 35.0 Å². The van der Waals surface area contributed by atoms with Gasteiger partial charge in [0.15, 0.2) is 0 Å². The first kappa shape index (κ1) is 16.5. The summed E-state index contributed by atoms with van der Waals surface area (Å²) in [4.78, 5) is 15.3. The molecule has 130 valence electrons. The summed E-state index contributed by atoms with van der Waals surface area (Å²) in [5.41, 5.74) is 3.79. The number of anilines is 1. The van der Waals surface area contributed by atoms with Crippen LogP contribution in [0.5, 0.6) is 0 Å². The molecule has 0 spiro atoms. The molecule has 3 heterocycles. The zero-order valence-corrected chi connectivity index (χ0v) is 15.7.